The number of carbonyl (C=O) groups is 2. The molecule has 3 aliphatic heterocycles. The van der Waals surface area contributed by atoms with Crippen LogP contribution < -0.4 is 5.32 Å². The van der Waals surface area contributed by atoms with Crippen molar-refractivity contribution in [1.29, 1.82) is 0 Å². The van der Waals surface area contributed by atoms with Crippen molar-refractivity contribution in [2.75, 3.05) is 13.1 Å². The lowest BCUT2D eigenvalue weighted by atomic mass is 9.87. The summed E-state index contributed by atoms with van der Waals surface area (Å²) in [4.78, 5) is 29.4. The third-order valence-corrected chi connectivity index (χ3v) is 7.40. The van der Waals surface area contributed by atoms with Crippen LogP contribution in [0.15, 0.2) is 48.7 Å². The van der Waals surface area contributed by atoms with Gasteiger partial charge >= 0.3 is 0 Å². The Morgan fingerprint density at radius 3 is 2.61 bits per heavy atom. The van der Waals surface area contributed by atoms with Gasteiger partial charge in [0.25, 0.3) is 5.91 Å². The van der Waals surface area contributed by atoms with Crippen molar-refractivity contribution in [3.05, 3.63) is 81.8 Å². The lowest BCUT2D eigenvalue weighted by Crippen LogP contribution is -2.49. The molecule has 0 aliphatic carbocycles. The van der Waals surface area contributed by atoms with Gasteiger partial charge in [-0.25, -0.2) is 4.39 Å². The first kappa shape index (κ1) is 22.1. The van der Waals surface area contributed by atoms with Gasteiger partial charge < -0.3 is 10.2 Å². The van der Waals surface area contributed by atoms with Gasteiger partial charge in [0.2, 0.25) is 5.91 Å². The van der Waals surface area contributed by atoms with E-state index in [1.165, 1.54) is 11.6 Å². The average molecular weight is 468 g/mol. The molecule has 2 saturated heterocycles. The second-order valence-electron chi connectivity index (χ2n) is 9.30. The first-order chi connectivity index (χ1) is 15.9. The minimum absolute atomic E-state index is 0.0583. The van der Waals surface area contributed by atoms with E-state index in [4.69, 9.17) is 11.6 Å². The van der Waals surface area contributed by atoms with E-state index < -0.39 is 6.04 Å². The molecule has 172 valence electrons. The smallest absolute Gasteiger partial charge is 0.255 e. The molecule has 3 heterocycles. The van der Waals surface area contributed by atoms with Gasteiger partial charge in [-0.1, -0.05) is 36.4 Å². The number of rotatable bonds is 4. The number of likely N-dealkylation sites (tertiary alicyclic amines) is 1. The van der Waals surface area contributed by atoms with Crippen LogP contribution in [-0.2, 0) is 17.9 Å². The Morgan fingerprint density at radius 2 is 1.88 bits per heavy atom. The molecule has 3 aliphatic rings. The minimum atomic E-state index is -0.429. The molecule has 5 rings (SSSR count). The molecule has 0 aromatic heterocycles. The number of nitrogens with one attached hydrogen (secondary N) is 1. The predicted octanol–water partition coefficient (Wildman–Crippen LogP) is 4.61. The molecular formula is C26H27ClFN3O2. The molecular weight excluding hydrogens is 441 g/mol. The zero-order chi connectivity index (χ0) is 23.1. The van der Waals surface area contributed by atoms with E-state index in [0.717, 1.165) is 49.3 Å². The Morgan fingerprint density at radius 1 is 1.09 bits per heavy atom. The van der Waals surface area contributed by atoms with E-state index in [0.29, 0.717) is 30.9 Å². The maximum atomic E-state index is 13.4. The highest BCUT2D eigenvalue weighted by Gasteiger charge is 2.38. The molecule has 2 amide bonds. The fourth-order valence-electron chi connectivity index (χ4n) is 5.25. The second-order valence-corrected chi connectivity index (χ2v) is 9.70. The Balaban J connectivity index is 1.22. The maximum Gasteiger partial charge on any atom is 0.255 e. The van der Waals surface area contributed by atoms with Gasteiger partial charge in [-0.05, 0) is 79.6 Å². The number of halogens is 2. The summed E-state index contributed by atoms with van der Waals surface area (Å²) in [6, 6.07) is 10.7. The first-order valence-electron chi connectivity index (χ1n) is 11.5. The number of amides is 2. The van der Waals surface area contributed by atoms with Crippen molar-refractivity contribution in [1.82, 2.24) is 15.1 Å². The van der Waals surface area contributed by atoms with Crippen LogP contribution in [0.2, 0.25) is 5.02 Å². The van der Waals surface area contributed by atoms with Gasteiger partial charge in [-0.3, -0.25) is 14.5 Å². The molecule has 0 spiro atoms. The average Bonchev–Trinajstić information content (AvgIpc) is 3.12. The summed E-state index contributed by atoms with van der Waals surface area (Å²) in [6.45, 7) is 6.97. The fourth-order valence-corrected chi connectivity index (χ4v) is 5.45. The lowest BCUT2D eigenvalue weighted by molar-refractivity contribution is -0.126. The SMILES string of the molecule is C=C1CCC(N2Cc3cc(C4CCN(Cc5ccc(F)c(Cl)c5)CC4)ccc3C2=O)C(=O)N1. The summed E-state index contributed by atoms with van der Waals surface area (Å²) < 4.78 is 13.4. The minimum Gasteiger partial charge on any atom is -0.329 e. The number of allylic oxidation sites excluding steroid dienone is 1. The molecule has 1 atom stereocenters. The van der Waals surface area contributed by atoms with E-state index in [-0.39, 0.29) is 22.7 Å². The summed E-state index contributed by atoms with van der Waals surface area (Å²) in [6.07, 6.45) is 3.37. The molecule has 33 heavy (non-hydrogen) atoms. The lowest BCUT2D eigenvalue weighted by Gasteiger charge is -2.32. The maximum absolute atomic E-state index is 13.4. The number of benzene rings is 2. The molecule has 7 heteroatoms. The van der Waals surface area contributed by atoms with Gasteiger partial charge in [0.1, 0.15) is 11.9 Å². The Kier molecular flexibility index (Phi) is 5.97. The summed E-state index contributed by atoms with van der Waals surface area (Å²) in [7, 11) is 0. The molecule has 2 aromatic rings. The van der Waals surface area contributed by atoms with Crippen LogP contribution in [0.4, 0.5) is 4.39 Å². The van der Waals surface area contributed by atoms with Crippen LogP contribution in [0.1, 0.15) is 58.6 Å². The largest absolute Gasteiger partial charge is 0.329 e. The van der Waals surface area contributed by atoms with E-state index in [9.17, 15) is 14.0 Å². The van der Waals surface area contributed by atoms with Crippen LogP contribution in [0.3, 0.4) is 0 Å². The molecule has 5 nitrogen and oxygen atoms in total. The number of hydrogen-bond donors (Lipinski definition) is 1. The molecule has 0 bridgehead atoms. The number of fused-ring (bicyclic) bond motifs is 1. The van der Waals surface area contributed by atoms with Crippen molar-refractivity contribution in [3.63, 3.8) is 0 Å². The third-order valence-electron chi connectivity index (χ3n) is 7.11. The van der Waals surface area contributed by atoms with Crippen LogP contribution in [0.25, 0.3) is 0 Å². The van der Waals surface area contributed by atoms with Crippen LogP contribution in [-0.4, -0.2) is 40.7 Å². The normalized spacial score (nSPS) is 21.9. The fraction of sp³-hybridized carbons (Fsp3) is 0.385. The van der Waals surface area contributed by atoms with Gasteiger partial charge in [-0.15, -0.1) is 0 Å². The molecule has 2 fully saturated rings. The number of carbonyl (C=O) groups excluding carboxylic acids is 2. The Bertz CT molecular complexity index is 1130. The molecule has 1 N–H and O–H groups in total. The second kappa shape index (κ2) is 8.92. The highest BCUT2D eigenvalue weighted by molar-refractivity contribution is 6.30. The predicted molar refractivity (Wildman–Crippen MR) is 125 cm³/mol. The van der Waals surface area contributed by atoms with Crippen LogP contribution >= 0.6 is 11.6 Å². The highest BCUT2D eigenvalue weighted by Crippen LogP contribution is 2.34. The number of piperidine rings is 2. The molecule has 0 saturated carbocycles. The van der Waals surface area contributed by atoms with Gasteiger partial charge in [-0.2, -0.15) is 0 Å². The van der Waals surface area contributed by atoms with Crippen molar-refractivity contribution >= 4 is 23.4 Å². The molecule has 1 unspecified atom stereocenters. The summed E-state index contributed by atoms with van der Waals surface area (Å²) in [5.41, 5.74) is 4.72. The molecule has 2 aromatic carbocycles. The Labute approximate surface area is 198 Å². The molecule has 0 radical (unpaired) electrons. The summed E-state index contributed by atoms with van der Waals surface area (Å²) in [5, 5.41) is 2.95. The van der Waals surface area contributed by atoms with Gasteiger partial charge in [0.15, 0.2) is 0 Å². The zero-order valence-corrected chi connectivity index (χ0v) is 19.2. The van der Waals surface area contributed by atoms with E-state index in [2.05, 4.69) is 28.9 Å². The number of nitrogens with zero attached hydrogens (tertiary/aromatic N) is 2. The van der Waals surface area contributed by atoms with Crippen molar-refractivity contribution in [2.45, 2.75) is 50.7 Å². The zero-order valence-electron chi connectivity index (χ0n) is 18.4. The first-order valence-corrected chi connectivity index (χ1v) is 11.9. The monoisotopic (exact) mass is 467 g/mol. The van der Waals surface area contributed by atoms with Gasteiger partial charge in [0.05, 0.1) is 5.02 Å². The van der Waals surface area contributed by atoms with E-state index >= 15 is 0 Å². The summed E-state index contributed by atoms with van der Waals surface area (Å²) in [5.74, 6) is -0.143. The van der Waals surface area contributed by atoms with E-state index in [1.807, 2.05) is 6.07 Å². The van der Waals surface area contributed by atoms with E-state index in [1.54, 1.807) is 17.0 Å². The highest BCUT2D eigenvalue weighted by atomic mass is 35.5. The standard InChI is InChI=1S/C26H27ClFN3O2/c1-16-2-7-24(25(32)29-16)31-15-20-13-19(4-5-21(20)26(31)33)18-8-10-30(11-9-18)14-17-3-6-23(28)22(27)12-17/h3-6,12-13,18,24H,1-2,7-11,14-15H2,(H,29,32). The van der Waals surface area contributed by atoms with Crippen molar-refractivity contribution in [3.8, 4) is 0 Å². The number of hydrogen-bond acceptors (Lipinski definition) is 3. The van der Waals surface area contributed by atoms with Crippen molar-refractivity contribution < 1.29 is 14.0 Å². The van der Waals surface area contributed by atoms with Crippen LogP contribution in [0.5, 0.6) is 0 Å². The third kappa shape index (κ3) is 4.42. The van der Waals surface area contributed by atoms with Crippen LogP contribution in [0, 0.1) is 5.82 Å². The quantitative estimate of drug-likeness (QED) is 0.714. The topological polar surface area (TPSA) is 52.7 Å². The summed E-state index contributed by atoms with van der Waals surface area (Å²) >= 11 is 5.92. The van der Waals surface area contributed by atoms with Gasteiger partial charge in [0, 0.05) is 24.4 Å². The van der Waals surface area contributed by atoms with Crippen molar-refractivity contribution in [2.24, 2.45) is 0 Å². The Hall–Kier alpha value is -2.70.